The zero-order chi connectivity index (χ0) is 23.1. The standard InChI is InChI=1S/C25H26N4O4/c26-12-15-4-6-16(7-5-15)17-10-11-28(13-17)14-18-2-1-3-19-22(18)25(33)29(24(19)32)20-8-9-21(30)27-23(20)31/h1-7,17,20H,8-14,26H2,(H,27,30,31). The summed E-state index contributed by atoms with van der Waals surface area (Å²) in [4.78, 5) is 53.4. The molecule has 2 saturated heterocycles. The summed E-state index contributed by atoms with van der Waals surface area (Å²) in [7, 11) is 0. The molecule has 2 aromatic carbocycles. The average molecular weight is 447 g/mol. The smallest absolute Gasteiger partial charge is 0.262 e. The molecule has 0 bridgehead atoms. The third-order valence-corrected chi connectivity index (χ3v) is 6.91. The number of benzene rings is 2. The summed E-state index contributed by atoms with van der Waals surface area (Å²) in [6.07, 6.45) is 1.28. The Morgan fingerprint density at radius 2 is 1.76 bits per heavy atom. The van der Waals surface area contributed by atoms with Crippen LogP contribution in [-0.2, 0) is 22.7 Å². The van der Waals surface area contributed by atoms with Crippen LogP contribution >= 0.6 is 0 Å². The van der Waals surface area contributed by atoms with Crippen LogP contribution in [0.3, 0.4) is 0 Å². The highest BCUT2D eigenvalue weighted by Gasteiger charge is 2.45. The minimum absolute atomic E-state index is 0.109. The number of nitrogens with zero attached hydrogens (tertiary/aromatic N) is 2. The number of hydrogen-bond donors (Lipinski definition) is 2. The van der Waals surface area contributed by atoms with Crippen LogP contribution in [0.25, 0.3) is 0 Å². The van der Waals surface area contributed by atoms with Crippen molar-refractivity contribution in [3.05, 3.63) is 70.3 Å². The minimum Gasteiger partial charge on any atom is -0.326 e. The molecule has 4 amide bonds. The zero-order valence-corrected chi connectivity index (χ0v) is 18.3. The maximum atomic E-state index is 13.3. The van der Waals surface area contributed by atoms with Gasteiger partial charge in [-0.2, -0.15) is 0 Å². The zero-order valence-electron chi connectivity index (χ0n) is 18.3. The SMILES string of the molecule is NCc1ccc(C2CCN(Cc3cccc4c3C(=O)N(C3CCC(=O)NC3=O)C4=O)C2)cc1. The maximum Gasteiger partial charge on any atom is 0.262 e. The summed E-state index contributed by atoms with van der Waals surface area (Å²) in [5.41, 5.74) is 9.59. The molecule has 2 atom stereocenters. The third kappa shape index (κ3) is 3.85. The Morgan fingerprint density at radius 1 is 0.970 bits per heavy atom. The fourth-order valence-corrected chi connectivity index (χ4v) is 5.13. The molecule has 5 rings (SSSR count). The Bertz CT molecular complexity index is 1140. The number of hydrogen-bond acceptors (Lipinski definition) is 6. The van der Waals surface area contributed by atoms with Crippen molar-refractivity contribution < 1.29 is 19.2 Å². The van der Waals surface area contributed by atoms with E-state index in [0.717, 1.165) is 35.5 Å². The van der Waals surface area contributed by atoms with Crippen LogP contribution in [-0.4, -0.2) is 52.6 Å². The molecule has 8 heteroatoms. The normalized spacial score (nSPS) is 23.2. The number of rotatable bonds is 5. The Morgan fingerprint density at radius 3 is 2.48 bits per heavy atom. The van der Waals surface area contributed by atoms with Crippen LogP contribution < -0.4 is 11.1 Å². The summed E-state index contributed by atoms with van der Waals surface area (Å²) in [5.74, 6) is -1.48. The second kappa shape index (κ2) is 8.53. The lowest BCUT2D eigenvalue weighted by Crippen LogP contribution is -2.54. The molecule has 33 heavy (non-hydrogen) atoms. The van der Waals surface area contributed by atoms with Crippen molar-refractivity contribution in [1.29, 1.82) is 0 Å². The summed E-state index contributed by atoms with van der Waals surface area (Å²) in [6.45, 7) is 2.85. The molecule has 0 spiro atoms. The molecule has 0 radical (unpaired) electrons. The van der Waals surface area contributed by atoms with Crippen molar-refractivity contribution in [3.8, 4) is 0 Å². The molecular weight excluding hydrogens is 420 g/mol. The van der Waals surface area contributed by atoms with Gasteiger partial charge in [0.05, 0.1) is 11.1 Å². The number of carbonyl (C=O) groups excluding carboxylic acids is 4. The van der Waals surface area contributed by atoms with E-state index in [1.807, 2.05) is 6.07 Å². The fraction of sp³-hybridized carbons (Fsp3) is 0.360. The van der Waals surface area contributed by atoms with E-state index < -0.39 is 23.8 Å². The average Bonchev–Trinajstić information content (AvgIpc) is 3.38. The van der Waals surface area contributed by atoms with E-state index in [-0.39, 0.29) is 18.7 Å². The second-order valence-electron chi connectivity index (χ2n) is 8.95. The molecule has 2 aromatic rings. The summed E-state index contributed by atoms with van der Waals surface area (Å²) >= 11 is 0. The number of likely N-dealkylation sites (tertiary alicyclic amines) is 1. The van der Waals surface area contributed by atoms with Crippen LogP contribution in [0.15, 0.2) is 42.5 Å². The molecule has 8 nitrogen and oxygen atoms in total. The van der Waals surface area contributed by atoms with E-state index in [1.165, 1.54) is 5.56 Å². The number of amides is 4. The molecule has 170 valence electrons. The van der Waals surface area contributed by atoms with Gasteiger partial charge in [-0.05, 0) is 48.1 Å². The third-order valence-electron chi connectivity index (χ3n) is 6.91. The first kappa shape index (κ1) is 21.5. The van der Waals surface area contributed by atoms with Crippen LogP contribution in [0.5, 0.6) is 0 Å². The first-order valence-electron chi connectivity index (χ1n) is 11.3. The van der Waals surface area contributed by atoms with Crippen molar-refractivity contribution in [2.45, 2.75) is 44.3 Å². The van der Waals surface area contributed by atoms with Crippen molar-refractivity contribution in [1.82, 2.24) is 15.1 Å². The molecule has 0 saturated carbocycles. The van der Waals surface area contributed by atoms with Gasteiger partial charge in [0.1, 0.15) is 6.04 Å². The van der Waals surface area contributed by atoms with Crippen molar-refractivity contribution in [2.75, 3.05) is 13.1 Å². The second-order valence-corrected chi connectivity index (χ2v) is 8.95. The van der Waals surface area contributed by atoms with Gasteiger partial charge < -0.3 is 5.73 Å². The minimum atomic E-state index is -0.949. The highest BCUT2D eigenvalue weighted by molar-refractivity contribution is 6.24. The van der Waals surface area contributed by atoms with E-state index in [9.17, 15) is 19.2 Å². The number of imide groups is 2. The highest BCUT2D eigenvalue weighted by Crippen LogP contribution is 2.33. The number of fused-ring (bicyclic) bond motifs is 1. The van der Waals surface area contributed by atoms with Gasteiger partial charge in [-0.1, -0.05) is 36.4 Å². The molecule has 2 fully saturated rings. The first-order chi connectivity index (χ1) is 16.0. The molecule has 0 aliphatic carbocycles. The van der Waals surface area contributed by atoms with E-state index in [2.05, 4.69) is 34.5 Å². The van der Waals surface area contributed by atoms with E-state index in [1.54, 1.807) is 12.1 Å². The lowest BCUT2D eigenvalue weighted by Gasteiger charge is -2.28. The maximum absolute atomic E-state index is 13.3. The van der Waals surface area contributed by atoms with Crippen molar-refractivity contribution in [3.63, 3.8) is 0 Å². The molecule has 3 heterocycles. The number of nitrogens with one attached hydrogen (secondary N) is 1. The lowest BCUT2D eigenvalue weighted by atomic mass is 9.97. The number of carbonyl (C=O) groups is 4. The number of piperidine rings is 1. The molecule has 2 unspecified atom stereocenters. The van der Waals surface area contributed by atoms with Gasteiger partial charge in [-0.3, -0.25) is 34.3 Å². The number of nitrogens with two attached hydrogens (primary N) is 1. The predicted molar refractivity (Wildman–Crippen MR) is 120 cm³/mol. The topological polar surface area (TPSA) is 113 Å². The molecule has 3 aliphatic heterocycles. The van der Waals surface area contributed by atoms with Gasteiger partial charge in [-0.15, -0.1) is 0 Å². The first-order valence-corrected chi connectivity index (χ1v) is 11.3. The largest absolute Gasteiger partial charge is 0.326 e. The Balaban J connectivity index is 1.33. The van der Waals surface area contributed by atoms with E-state index in [0.29, 0.717) is 30.1 Å². The fourth-order valence-electron chi connectivity index (χ4n) is 5.13. The van der Waals surface area contributed by atoms with Crippen molar-refractivity contribution in [2.24, 2.45) is 5.73 Å². The van der Waals surface area contributed by atoms with Crippen LogP contribution in [0, 0.1) is 0 Å². The Hall–Kier alpha value is -3.36. The van der Waals surface area contributed by atoms with Gasteiger partial charge in [0.25, 0.3) is 11.8 Å². The quantitative estimate of drug-likeness (QED) is 0.674. The molecule has 0 aromatic heterocycles. The highest BCUT2D eigenvalue weighted by atomic mass is 16.2. The molecular formula is C25H26N4O4. The van der Waals surface area contributed by atoms with Gasteiger partial charge in [0.2, 0.25) is 11.8 Å². The van der Waals surface area contributed by atoms with Crippen LogP contribution in [0.2, 0.25) is 0 Å². The van der Waals surface area contributed by atoms with E-state index in [4.69, 9.17) is 5.73 Å². The predicted octanol–water partition coefficient (Wildman–Crippen LogP) is 1.54. The van der Waals surface area contributed by atoms with Gasteiger partial charge in [-0.25, -0.2) is 0 Å². The lowest BCUT2D eigenvalue weighted by molar-refractivity contribution is -0.136. The van der Waals surface area contributed by atoms with Crippen LogP contribution in [0.1, 0.15) is 62.6 Å². The Kier molecular flexibility index (Phi) is 5.55. The van der Waals surface area contributed by atoms with Gasteiger partial charge >= 0.3 is 0 Å². The summed E-state index contributed by atoms with van der Waals surface area (Å²) < 4.78 is 0. The monoisotopic (exact) mass is 446 g/mol. The van der Waals surface area contributed by atoms with Crippen molar-refractivity contribution >= 4 is 23.6 Å². The summed E-state index contributed by atoms with van der Waals surface area (Å²) in [6, 6.07) is 12.7. The van der Waals surface area contributed by atoms with Gasteiger partial charge in [0, 0.05) is 26.1 Å². The van der Waals surface area contributed by atoms with Gasteiger partial charge in [0.15, 0.2) is 0 Å². The summed E-state index contributed by atoms with van der Waals surface area (Å²) in [5, 5.41) is 2.24. The van der Waals surface area contributed by atoms with Crippen LogP contribution in [0.4, 0.5) is 0 Å². The molecule has 3 aliphatic rings. The van der Waals surface area contributed by atoms with E-state index >= 15 is 0 Å². The molecule has 3 N–H and O–H groups in total. The Labute approximate surface area is 191 Å².